The Labute approximate surface area is 80.0 Å². The third-order valence-electron chi connectivity index (χ3n) is 2.13. The lowest BCUT2D eigenvalue weighted by Gasteiger charge is -2.19. The van der Waals surface area contributed by atoms with E-state index in [2.05, 4.69) is 13.0 Å². The van der Waals surface area contributed by atoms with Crippen LogP contribution in [-0.4, -0.2) is 12.1 Å². The Morgan fingerprint density at radius 1 is 1.38 bits per heavy atom. The molecule has 0 bridgehead atoms. The molecule has 0 unspecified atom stereocenters. The first-order valence-electron chi connectivity index (χ1n) is 4.79. The van der Waals surface area contributed by atoms with Crippen molar-refractivity contribution in [3.8, 4) is 0 Å². The van der Waals surface area contributed by atoms with Crippen LogP contribution in [0.2, 0.25) is 0 Å². The van der Waals surface area contributed by atoms with Gasteiger partial charge in [-0.15, -0.1) is 0 Å². The van der Waals surface area contributed by atoms with Crippen molar-refractivity contribution >= 4 is 5.97 Å². The van der Waals surface area contributed by atoms with Crippen LogP contribution in [0.25, 0.3) is 0 Å². The Morgan fingerprint density at radius 2 is 2.00 bits per heavy atom. The third-order valence-corrected chi connectivity index (χ3v) is 2.13. The van der Waals surface area contributed by atoms with Crippen LogP contribution in [0.1, 0.15) is 34.1 Å². The van der Waals surface area contributed by atoms with E-state index in [4.69, 9.17) is 4.74 Å². The highest BCUT2D eigenvalue weighted by molar-refractivity contribution is 5.75. The molecule has 0 spiro atoms. The van der Waals surface area contributed by atoms with Gasteiger partial charge in [-0.2, -0.15) is 0 Å². The number of ether oxygens (including phenoxy) is 1. The van der Waals surface area contributed by atoms with E-state index in [9.17, 15) is 4.79 Å². The van der Waals surface area contributed by atoms with Crippen molar-refractivity contribution in [2.75, 3.05) is 0 Å². The summed E-state index contributed by atoms with van der Waals surface area (Å²) in [6.45, 7) is 7.74. The van der Waals surface area contributed by atoms with E-state index in [0.29, 0.717) is 5.92 Å². The number of hydrogen-bond acceptors (Lipinski definition) is 2. The van der Waals surface area contributed by atoms with Gasteiger partial charge in [-0.25, -0.2) is 0 Å². The minimum Gasteiger partial charge on any atom is -0.458 e. The molecule has 2 atom stereocenters. The maximum absolute atomic E-state index is 11.5. The fourth-order valence-electron chi connectivity index (χ4n) is 1.24. The first-order chi connectivity index (χ1) is 5.89. The maximum Gasteiger partial charge on any atom is 0.311 e. The molecule has 0 fully saturated rings. The Hall–Kier alpha value is -0.790. The number of allylic oxidation sites excluding steroid dienone is 1. The molecular weight excluding hydrogens is 164 g/mol. The first-order valence-corrected chi connectivity index (χ1v) is 4.79. The second-order valence-electron chi connectivity index (χ2n) is 4.79. The summed E-state index contributed by atoms with van der Waals surface area (Å²) in [7, 11) is 0. The molecule has 2 heteroatoms. The number of hydrogen-bond donors (Lipinski definition) is 0. The lowest BCUT2D eigenvalue weighted by molar-refractivity contribution is -0.156. The lowest BCUT2D eigenvalue weighted by Crippen LogP contribution is -2.26. The summed E-state index contributed by atoms with van der Waals surface area (Å²) >= 11 is 0. The smallest absolute Gasteiger partial charge is 0.311 e. The molecule has 0 aromatic rings. The van der Waals surface area contributed by atoms with E-state index in [1.54, 1.807) is 0 Å². The number of esters is 1. The fraction of sp³-hybridized carbons (Fsp3) is 0.727. The van der Waals surface area contributed by atoms with E-state index < -0.39 is 0 Å². The number of carbonyl (C=O) groups excluding carboxylic acids is 1. The standard InChI is InChI=1S/C11H18O2/c1-8-5-6-9(7-8)13-10(12)11(2,3)4/h5-6,8-9H,7H2,1-4H3/t8-,9+/m1/s1. The summed E-state index contributed by atoms with van der Waals surface area (Å²) in [6, 6.07) is 0. The van der Waals surface area contributed by atoms with Gasteiger partial charge >= 0.3 is 5.97 Å². The van der Waals surface area contributed by atoms with Gasteiger partial charge in [-0.1, -0.05) is 13.0 Å². The predicted octanol–water partition coefficient (Wildman–Crippen LogP) is 2.54. The predicted molar refractivity (Wildman–Crippen MR) is 52.3 cm³/mol. The molecule has 0 aromatic heterocycles. The van der Waals surface area contributed by atoms with Crippen molar-refractivity contribution in [2.24, 2.45) is 11.3 Å². The van der Waals surface area contributed by atoms with E-state index >= 15 is 0 Å². The average Bonchev–Trinajstić information content (AvgIpc) is 2.33. The summed E-state index contributed by atoms with van der Waals surface area (Å²) in [5, 5.41) is 0. The Morgan fingerprint density at radius 3 is 2.38 bits per heavy atom. The molecule has 74 valence electrons. The van der Waals surface area contributed by atoms with Crippen LogP contribution in [0.15, 0.2) is 12.2 Å². The molecule has 0 saturated heterocycles. The van der Waals surface area contributed by atoms with Crippen molar-refractivity contribution in [3.63, 3.8) is 0 Å². The van der Waals surface area contributed by atoms with Gasteiger partial charge in [-0.3, -0.25) is 4.79 Å². The quantitative estimate of drug-likeness (QED) is 0.460. The van der Waals surface area contributed by atoms with Crippen molar-refractivity contribution in [1.29, 1.82) is 0 Å². The Balaban J connectivity index is 2.43. The number of rotatable bonds is 1. The Kier molecular flexibility index (Phi) is 2.79. The van der Waals surface area contributed by atoms with Gasteiger partial charge < -0.3 is 4.74 Å². The maximum atomic E-state index is 11.5. The minimum atomic E-state index is -0.389. The van der Waals surface area contributed by atoms with Crippen LogP contribution in [-0.2, 0) is 9.53 Å². The first kappa shape index (κ1) is 10.3. The zero-order valence-corrected chi connectivity index (χ0v) is 8.83. The van der Waals surface area contributed by atoms with Gasteiger partial charge in [-0.05, 0) is 39.2 Å². The molecule has 1 rings (SSSR count). The van der Waals surface area contributed by atoms with Crippen LogP contribution in [0, 0.1) is 11.3 Å². The molecule has 0 N–H and O–H groups in total. The highest BCUT2D eigenvalue weighted by Gasteiger charge is 2.27. The molecule has 0 saturated carbocycles. The van der Waals surface area contributed by atoms with Gasteiger partial charge in [0.2, 0.25) is 0 Å². The summed E-state index contributed by atoms with van der Waals surface area (Å²) in [4.78, 5) is 11.5. The van der Waals surface area contributed by atoms with Gasteiger partial charge in [0.1, 0.15) is 6.10 Å². The monoisotopic (exact) mass is 182 g/mol. The third kappa shape index (κ3) is 2.87. The molecule has 0 radical (unpaired) electrons. The largest absolute Gasteiger partial charge is 0.458 e. The zero-order chi connectivity index (χ0) is 10.1. The average molecular weight is 182 g/mol. The molecule has 0 amide bonds. The lowest BCUT2D eigenvalue weighted by atomic mass is 9.97. The summed E-state index contributed by atoms with van der Waals surface area (Å²) in [5.41, 5.74) is -0.389. The van der Waals surface area contributed by atoms with E-state index in [0.717, 1.165) is 6.42 Å². The molecule has 1 aliphatic carbocycles. The zero-order valence-electron chi connectivity index (χ0n) is 8.83. The molecule has 1 aliphatic rings. The minimum absolute atomic E-state index is 0.00160. The summed E-state index contributed by atoms with van der Waals surface area (Å²) < 4.78 is 5.32. The fourth-order valence-corrected chi connectivity index (χ4v) is 1.24. The molecular formula is C11H18O2. The summed E-state index contributed by atoms with van der Waals surface area (Å²) in [5.74, 6) is 0.425. The molecule has 0 aromatic carbocycles. The van der Waals surface area contributed by atoms with Crippen LogP contribution < -0.4 is 0 Å². The van der Waals surface area contributed by atoms with Crippen LogP contribution in [0.5, 0.6) is 0 Å². The van der Waals surface area contributed by atoms with Crippen LogP contribution in [0.4, 0.5) is 0 Å². The molecule has 0 heterocycles. The second kappa shape index (κ2) is 3.52. The van der Waals surface area contributed by atoms with Crippen molar-refractivity contribution in [1.82, 2.24) is 0 Å². The van der Waals surface area contributed by atoms with Crippen molar-refractivity contribution < 1.29 is 9.53 Å². The van der Waals surface area contributed by atoms with E-state index in [1.165, 1.54) is 0 Å². The Bertz CT molecular complexity index is 223. The highest BCUT2D eigenvalue weighted by Crippen LogP contribution is 2.23. The number of carbonyl (C=O) groups is 1. The van der Waals surface area contributed by atoms with Gasteiger partial charge in [0.25, 0.3) is 0 Å². The second-order valence-corrected chi connectivity index (χ2v) is 4.79. The normalized spacial score (nSPS) is 27.7. The molecule has 13 heavy (non-hydrogen) atoms. The van der Waals surface area contributed by atoms with E-state index in [-0.39, 0.29) is 17.5 Å². The van der Waals surface area contributed by atoms with Gasteiger partial charge in [0.15, 0.2) is 0 Å². The van der Waals surface area contributed by atoms with Crippen molar-refractivity contribution in [2.45, 2.75) is 40.2 Å². The van der Waals surface area contributed by atoms with Gasteiger partial charge in [0.05, 0.1) is 5.41 Å². The summed E-state index contributed by atoms with van der Waals surface area (Å²) in [6.07, 6.45) is 5.01. The molecule has 2 nitrogen and oxygen atoms in total. The molecule has 0 aliphatic heterocycles. The SMILES string of the molecule is C[C@@H]1C=C[C@H](OC(=O)C(C)(C)C)C1. The highest BCUT2D eigenvalue weighted by atomic mass is 16.5. The van der Waals surface area contributed by atoms with Gasteiger partial charge in [0, 0.05) is 0 Å². The van der Waals surface area contributed by atoms with E-state index in [1.807, 2.05) is 26.8 Å². The van der Waals surface area contributed by atoms with Crippen LogP contribution >= 0.6 is 0 Å². The van der Waals surface area contributed by atoms with Crippen molar-refractivity contribution in [3.05, 3.63) is 12.2 Å². The topological polar surface area (TPSA) is 26.3 Å². The van der Waals surface area contributed by atoms with Crippen LogP contribution in [0.3, 0.4) is 0 Å².